The highest BCUT2D eigenvalue weighted by Gasteiger charge is 2.58. The van der Waals surface area contributed by atoms with Gasteiger partial charge in [0.1, 0.15) is 0 Å². The minimum Gasteiger partial charge on any atom is -0.379 e. The molecule has 0 spiro atoms. The van der Waals surface area contributed by atoms with Crippen molar-refractivity contribution < 1.29 is 14.3 Å². The molecule has 0 aromatic heterocycles. The van der Waals surface area contributed by atoms with Crippen LogP contribution in [-0.4, -0.2) is 86.1 Å². The number of carbonyl (C=O) groups excluding carboxylic acids is 2. The summed E-state index contributed by atoms with van der Waals surface area (Å²) in [5.41, 5.74) is -0.0218. The number of likely N-dealkylation sites (tertiary alicyclic amines) is 1. The molecule has 8 nitrogen and oxygen atoms in total. The van der Waals surface area contributed by atoms with Gasteiger partial charge in [-0.15, -0.1) is 0 Å². The van der Waals surface area contributed by atoms with Gasteiger partial charge in [-0.1, -0.05) is 12.2 Å². The van der Waals surface area contributed by atoms with Gasteiger partial charge in [0.25, 0.3) is 0 Å². The van der Waals surface area contributed by atoms with E-state index in [-0.39, 0.29) is 41.0 Å². The molecule has 4 rings (SSSR count). The average molecular weight is 404 g/mol. The van der Waals surface area contributed by atoms with E-state index in [1.807, 2.05) is 0 Å². The molecule has 2 saturated heterocycles. The third-order valence-corrected chi connectivity index (χ3v) is 6.97. The Hall–Kier alpha value is -1.93. The number of fused-ring (bicyclic) bond motifs is 5. The van der Waals surface area contributed by atoms with E-state index < -0.39 is 0 Å². The first-order valence-electron chi connectivity index (χ1n) is 10.7. The Morgan fingerprint density at radius 3 is 2.34 bits per heavy atom. The molecule has 2 N–H and O–H groups in total. The third kappa shape index (κ3) is 3.80. The summed E-state index contributed by atoms with van der Waals surface area (Å²) < 4.78 is 5.44. The van der Waals surface area contributed by atoms with Gasteiger partial charge in [-0.2, -0.15) is 0 Å². The lowest BCUT2D eigenvalue weighted by Gasteiger charge is -2.41. The Balaban J connectivity index is 1.24. The molecule has 2 bridgehead atoms. The van der Waals surface area contributed by atoms with Crippen LogP contribution in [0, 0.1) is 23.7 Å². The van der Waals surface area contributed by atoms with E-state index in [0.29, 0.717) is 19.0 Å². The maximum absolute atomic E-state index is 12.7. The fourth-order valence-electron chi connectivity index (χ4n) is 5.27. The molecule has 0 aromatic carbocycles. The number of hydrogen-bond donors (Lipinski definition) is 2. The maximum atomic E-state index is 12.7. The predicted molar refractivity (Wildman–Crippen MR) is 110 cm³/mol. The lowest BCUT2D eigenvalue weighted by Crippen LogP contribution is -2.56. The van der Waals surface area contributed by atoms with E-state index in [1.54, 1.807) is 7.05 Å². The van der Waals surface area contributed by atoms with Crippen LogP contribution in [0.3, 0.4) is 0 Å². The second-order valence-corrected chi connectivity index (χ2v) is 9.09. The molecule has 2 amide bonds. The van der Waals surface area contributed by atoms with E-state index in [4.69, 9.17) is 4.74 Å². The van der Waals surface area contributed by atoms with E-state index in [1.165, 1.54) is 4.90 Å². The monoisotopic (exact) mass is 403 g/mol. The molecule has 2 aliphatic heterocycles. The molecule has 2 aliphatic carbocycles. The third-order valence-electron chi connectivity index (χ3n) is 6.97. The number of hydrogen-bond acceptors (Lipinski definition) is 5. The first-order valence-corrected chi connectivity index (χ1v) is 10.7. The van der Waals surface area contributed by atoms with Crippen LogP contribution in [0.15, 0.2) is 17.1 Å². The van der Waals surface area contributed by atoms with Gasteiger partial charge < -0.3 is 15.4 Å². The summed E-state index contributed by atoms with van der Waals surface area (Å²) in [5.74, 6) is 0.985. The number of ether oxygens (including phenoxy) is 1. The van der Waals surface area contributed by atoms with Crippen LogP contribution in [0.2, 0.25) is 0 Å². The molecule has 4 atom stereocenters. The number of imide groups is 1. The molecule has 1 saturated carbocycles. The molecule has 0 aromatic rings. The van der Waals surface area contributed by atoms with E-state index in [9.17, 15) is 9.59 Å². The molecule has 4 unspecified atom stereocenters. The smallest absolute Gasteiger partial charge is 0.233 e. The highest BCUT2D eigenvalue weighted by molar-refractivity contribution is 6.06. The van der Waals surface area contributed by atoms with Crippen LogP contribution in [0.4, 0.5) is 0 Å². The van der Waals surface area contributed by atoms with Gasteiger partial charge >= 0.3 is 0 Å². The topological polar surface area (TPSA) is 86.3 Å². The maximum Gasteiger partial charge on any atom is 0.233 e. The zero-order valence-corrected chi connectivity index (χ0v) is 17.7. The normalized spacial score (nSPS) is 32.2. The number of amides is 2. The van der Waals surface area contributed by atoms with Crippen LogP contribution in [0.1, 0.15) is 20.3 Å². The van der Waals surface area contributed by atoms with Crippen molar-refractivity contribution >= 4 is 17.8 Å². The van der Waals surface area contributed by atoms with Crippen molar-refractivity contribution in [1.29, 1.82) is 0 Å². The van der Waals surface area contributed by atoms with Crippen LogP contribution in [0.25, 0.3) is 0 Å². The second-order valence-electron chi connectivity index (χ2n) is 9.09. The van der Waals surface area contributed by atoms with Crippen molar-refractivity contribution in [3.05, 3.63) is 12.2 Å². The largest absolute Gasteiger partial charge is 0.379 e. The summed E-state index contributed by atoms with van der Waals surface area (Å²) >= 11 is 0. The summed E-state index contributed by atoms with van der Waals surface area (Å²) in [6.45, 7) is 9.45. The lowest BCUT2D eigenvalue weighted by atomic mass is 9.85. The summed E-state index contributed by atoms with van der Waals surface area (Å²) in [5, 5.41) is 6.63. The second kappa shape index (κ2) is 8.07. The van der Waals surface area contributed by atoms with Gasteiger partial charge in [0.15, 0.2) is 5.96 Å². The highest BCUT2D eigenvalue weighted by Crippen LogP contribution is 2.52. The summed E-state index contributed by atoms with van der Waals surface area (Å²) in [7, 11) is 1.73. The molecule has 29 heavy (non-hydrogen) atoms. The summed E-state index contributed by atoms with van der Waals surface area (Å²) in [6, 6.07) is 0. The van der Waals surface area contributed by atoms with Crippen molar-refractivity contribution in [2.24, 2.45) is 28.7 Å². The fourth-order valence-corrected chi connectivity index (χ4v) is 5.27. The van der Waals surface area contributed by atoms with Gasteiger partial charge in [0.05, 0.1) is 25.0 Å². The minimum absolute atomic E-state index is 0.00930. The Morgan fingerprint density at radius 1 is 1.14 bits per heavy atom. The fraction of sp³-hybridized carbons (Fsp3) is 0.762. The van der Waals surface area contributed by atoms with Crippen LogP contribution in [-0.2, 0) is 14.3 Å². The Kier molecular flexibility index (Phi) is 5.66. The van der Waals surface area contributed by atoms with E-state index in [2.05, 4.69) is 46.5 Å². The zero-order valence-electron chi connectivity index (χ0n) is 17.7. The summed E-state index contributed by atoms with van der Waals surface area (Å²) in [6.07, 6.45) is 5.22. The first kappa shape index (κ1) is 20.3. The van der Waals surface area contributed by atoms with E-state index in [0.717, 1.165) is 39.3 Å². The van der Waals surface area contributed by atoms with Gasteiger partial charge in [0, 0.05) is 45.3 Å². The average Bonchev–Trinajstić information content (AvgIpc) is 3.40. The SMILES string of the molecule is CN=C(NCCN1C(=O)C2C3C=CC(C3)C2C1=O)NCC(C)(C)N1CCOCC1. The van der Waals surface area contributed by atoms with Gasteiger partial charge in [-0.05, 0) is 32.1 Å². The number of morpholine rings is 1. The zero-order chi connectivity index (χ0) is 20.6. The molecule has 3 fully saturated rings. The standard InChI is InChI=1S/C21H33N5O3/c1-21(2,25-8-10-29-11-9-25)13-24-20(22-3)23-6-7-26-18(27)16-14-4-5-15(12-14)17(16)19(26)28/h4-5,14-17H,6-13H2,1-3H3,(H2,22,23,24). The number of nitrogens with zero attached hydrogens (tertiary/aromatic N) is 3. The quantitative estimate of drug-likeness (QED) is 0.283. The number of aliphatic imine (C=N–C) groups is 1. The van der Waals surface area contributed by atoms with Gasteiger partial charge in [-0.25, -0.2) is 0 Å². The molecule has 2 heterocycles. The Labute approximate surface area is 172 Å². The van der Waals surface area contributed by atoms with E-state index >= 15 is 0 Å². The molecule has 4 aliphatic rings. The number of allylic oxidation sites excluding steroid dienone is 2. The van der Waals surface area contributed by atoms with Crippen molar-refractivity contribution in [1.82, 2.24) is 20.4 Å². The molecule has 0 radical (unpaired) electrons. The first-order chi connectivity index (χ1) is 13.9. The van der Waals surface area contributed by atoms with Crippen LogP contribution >= 0.6 is 0 Å². The van der Waals surface area contributed by atoms with Crippen molar-refractivity contribution in [2.75, 3.05) is 53.0 Å². The van der Waals surface area contributed by atoms with Crippen molar-refractivity contribution in [2.45, 2.75) is 25.8 Å². The Bertz CT molecular complexity index is 683. The van der Waals surface area contributed by atoms with Gasteiger partial charge in [0.2, 0.25) is 11.8 Å². The molecule has 160 valence electrons. The predicted octanol–water partition coefficient (Wildman–Crippen LogP) is 0.0693. The summed E-state index contributed by atoms with van der Waals surface area (Å²) in [4.78, 5) is 33.6. The van der Waals surface area contributed by atoms with Crippen LogP contribution < -0.4 is 10.6 Å². The minimum atomic E-state index is -0.121. The molecule has 8 heteroatoms. The number of rotatable bonds is 6. The Morgan fingerprint density at radius 2 is 1.76 bits per heavy atom. The van der Waals surface area contributed by atoms with Crippen molar-refractivity contribution in [3.63, 3.8) is 0 Å². The highest BCUT2D eigenvalue weighted by atomic mass is 16.5. The van der Waals surface area contributed by atoms with Crippen molar-refractivity contribution in [3.8, 4) is 0 Å². The number of nitrogens with one attached hydrogen (secondary N) is 2. The molecular weight excluding hydrogens is 370 g/mol. The number of guanidine groups is 1. The number of carbonyl (C=O) groups is 2. The van der Waals surface area contributed by atoms with Crippen LogP contribution in [0.5, 0.6) is 0 Å². The molecular formula is C21H33N5O3. The van der Waals surface area contributed by atoms with Gasteiger partial charge in [-0.3, -0.25) is 24.4 Å². The lowest BCUT2D eigenvalue weighted by molar-refractivity contribution is -0.140.